The first-order valence-electron chi connectivity index (χ1n) is 9.42. The van der Waals surface area contributed by atoms with E-state index >= 15 is 0 Å². The molecule has 122 valence electrons. The molecule has 1 heteroatoms. The van der Waals surface area contributed by atoms with E-state index in [1.54, 1.807) is 0 Å². The molecule has 21 heavy (non-hydrogen) atoms. The highest BCUT2D eigenvalue weighted by atomic mass is 16.5. The summed E-state index contributed by atoms with van der Waals surface area (Å²) in [5, 5.41) is 0. The lowest BCUT2D eigenvalue weighted by Crippen LogP contribution is -2.58. The molecular formula is C20H36O. The highest BCUT2D eigenvalue weighted by Gasteiger charge is 2.58. The summed E-state index contributed by atoms with van der Waals surface area (Å²) in [4.78, 5) is 0. The monoisotopic (exact) mass is 292 g/mol. The third kappa shape index (κ3) is 2.58. The van der Waals surface area contributed by atoms with Crippen molar-refractivity contribution >= 4 is 0 Å². The second-order valence-corrected chi connectivity index (χ2v) is 9.62. The Morgan fingerprint density at radius 3 is 2.33 bits per heavy atom. The Kier molecular flexibility index (Phi) is 3.96. The van der Waals surface area contributed by atoms with Crippen molar-refractivity contribution in [3.63, 3.8) is 0 Å². The molecule has 0 amide bonds. The van der Waals surface area contributed by atoms with Crippen LogP contribution < -0.4 is 0 Å². The van der Waals surface area contributed by atoms with Crippen molar-refractivity contribution in [2.24, 2.45) is 28.6 Å². The van der Waals surface area contributed by atoms with E-state index in [4.69, 9.17) is 4.74 Å². The zero-order chi connectivity index (χ0) is 15.3. The fraction of sp³-hybridized carbons (Fsp3) is 1.00. The molecule has 5 atom stereocenters. The smallest absolute Gasteiger partial charge is 0.0687 e. The first-order chi connectivity index (χ1) is 9.78. The van der Waals surface area contributed by atoms with Crippen LogP contribution in [0.1, 0.15) is 86.0 Å². The molecule has 0 radical (unpaired) electrons. The zero-order valence-electron chi connectivity index (χ0n) is 15.0. The van der Waals surface area contributed by atoms with Crippen molar-refractivity contribution in [3.8, 4) is 0 Å². The highest BCUT2D eigenvalue weighted by molar-refractivity contribution is 5.08. The predicted molar refractivity (Wildman–Crippen MR) is 89.3 cm³/mol. The normalized spacial score (nSPS) is 50.4. The number of hydrogen-bond acceptors (Lipinski definition) is 1. The molecule has 0 unspecified atom stereocenters. The average molecular weight is 293 g/mol. The average Bonchev–Trinajstić information content (AvgIpc) is 2.34. The summed E-state index contributed by atoms with van der Waals surface area (Å²) < 4.78 is 6.53. The van der Waals surface area contributed by atoms with Crippen LogP contribution >= 0.6 is 0 Å². The molecule has 1 nitrogen and oxygen atoms in total. The molecule has 3 rings (SSSR count). The number of fused-ring (bicyclic) bond motifs is 3. The summed E-state index contributed by atoms with van der Waals surface area (Å²) in [6, 6.07) is 0. The predicted octanol–water partition coefficient (Wildman–Crippen LogP) is 5.82. The van der Waals surface area contributed by atoms with Gasteiger partial charge in [0.1, 0.15) is 0 Å². The summed E-state index contributed by atoms with van der Waals surface area (Å²) in [6.07, 6.45) is 11.0. The van der Waals surface area contributed by atoms with Crippen LogP contribution in [0.5, 0.6) is 0 Å². The number of rotatable bonds is 0. The van der Waals surface area contributed by atoms with Crippen LogP contribution in [-0.2, 0) is 4.74 Å². The van der Waals surface area contributed by atoms with Crippen LogP contribution in [0, 0.1) is 28.6 Å². The van der Waals surface area contributed by atoms with Gasteiger partial charge in [0.05, 0.1) is 5.60 Å². The molecule has 0 spiro atoms. The van der Waals surface area contributed by atoms with Crippen LogP contribution in [0.4, 0.5) is 0 Å². The van der Waals surface area contributed by atoms with Gasteiger partial charge in [0.15, 0.2) is 0 Å². The Morgan fingerprint density at radius 1 is 0.810 bits per heavy atom. The van der Waals surface area contributed by atoms with E-state index in [-0.39, 0.29) is 5.60 Å². The molecular weight excluding hydrogens is 256 g/mol. The maximum atomic E-state index is 6.53. The number of ether oxygens (including phenoxy) is 1. The summed E-state index contributed by atoms with van der Waals surface area (Å²) in [5.74, 6) is 2.51. The van der Waals surface area contributed by atoms with E-state index in [2.05, 4.69) is 34.6 Å². The van der Waals surface area contributed by atoms with Gasteiger partial charge < -0.3 is 4.74 Å². The third-order valence-corrected chi connectivity index (χ3v) is 7.73. The molecule has 0 bridgehead atoms. The van der Waals surface area contributed by atoms with Crippen LogP contribution in [-0.4, -0.2) is 12.2 Å². The van der Waals surface area contributed by atoms with Gasteiger partial charge in [0.25, 0.3) is 0 Å². The fourth-order valence-electron chi connectivity index (χ4n) is 6.50. The van der Waals surface area contributed by atoms with Crippen molar-refractivity contribution in [3.05, 3.63) is 0 Å². The van der Waals surface area contributed by atoms with E-state index in [1.165, 1.54) is 51.4 Å². The Bertz CT molecular complexity index is 387. The van der Waals surface area contributed by atoms with Crippen molar-refractivity contribution in [1.29, 1.82) is 0 Å². The topological polar surface area (TPSA) is 9.23 Å². The van der Waals surface area contributed by atoms with E-state index in [1.807, 2.05) is 0 Å². The summed E-state index contributed by atoms with van der Waals surface area (Å²) >= 11 is 0. The van der Waals surface area contributed by atoms with Gasteiger partial charge in [-0.3, -0.25) is 0 Å². The van der Waals surface area contributed by atoms with E-state index in [9.17, 15) is 0 Å². The molecule has 0 N–H and O–H groups in total. The van der Waals surface area contributed by atoms with Gasteiger partial charge >= 0.3 is 0 Å². The summed E-state index contributed by atoms with van der Waals surface area (Å²) in [6.45, 7) is 13.5. The Hall–Kier alpha value is -0.0400. The molecule has 1 saturated heterocycles. The van der Waals surface area contributed by atoms with Gasteiger partial charge in [-0.25, -0.2) is 0 Å². The molecule has 1 heterocycles. The van der Waals surface area contributed by atoms with Gasteiger partial charge in [0, 0.05) is 6.61 Å². The van der Waals surface area contributed by atoms with E-state index < -0.39 is 0 Å². The standard InChI is InChI=1S/C20H36O/c1-15-7-8-17-19(4)12-6-11-18(2,3)16(19)9-13-20(17,5)21-14-10-15/h15-17H,6-14H2,1-5H3/t15-,16-,17+,19-,20+/m0/s1. The van der Waals surface area contributed by atoms with Gasteiger partial charge in [-0.1, -0.05) is 40.5 Å². The molecule has 3 aliphatic rings. The molecule has 2 aliphatic carbocycles. The van der Waals surface area contributed by atoms with Gasteiger partial charge in [0.2, 0.25) is 0 Å². The maximum Gasteiger partial charge on any atom is 0.0687 e. The Balaban J connectivity index is 1.93. The van der Waals surface area contributed by atoms with Crippen LogP contribution in [0.25, 0.3) is 0 Å². The lowest BCUT2D eigenvalue weighted by Gasteiger charge is -2.62. The largest absolute Gasteiger partial charge is 0.375 e. The van der Waals surface area contributed by atoms with Crippen molar-refractivity contribution in [2.75, 3.05) is 6.61 Å². The first-order valence-corrected chi connectivity index (χ1v) is 9.42. The molecule has 3 fully saturated rings. The second kappa shape index (κ2) is 5.25. The van der Waals surface area contributed by atoms with Gasteiger partial charge in [-0.2, -0.15) is 0 Å². The lowest BCUT2D eigenvalue weighted by atomic mass is 9.45. The minimum atomic E-state index is 0.152. The minimum absolute atomic E-state index is 0.152. The SMILES string of the molecule is C[C@@H]1CCO[C@]2(C)CC[C@H]3C(C)(C)CCC[C@]3(C)[C@H]2CC1. The molecule has 0 aromatic rings. The molecule has 0 aromatic heterocycles. The van der Waals surface area contributed by atoms with Gasteiger partial charge in [-0.05, 0) is 74.0 Å². The van der Waals surface area contributed by atoms with Crippen molar-refractivity contribution in [1.82, 2.24) is 0 Å². The quantitative estimate of drug-likeness (QED) is 0.546. The van der Waals surface area contributed by atoms with Crippen LogP contribution in [0.15, 0.2) is 0 Å². The third-order valence-electron chi connectivity index (χ3n) is 7.73. The van der Waals surface area contributed by atoms with E-state index in [0.29, 0.717) is 10.8 Å². The minimum Gasteiger partial charge on any atom is -0.375 e. The molecule has 0 aromatic carbocycles. The zero-order valence-corrected chi connectivity index (χ0v) is 15.0. The maximum absolute atomic E-state index is 6.53. The number of hydrogen-bond donors (Lipinski definition) is 0. The molecule has 1 aliphatic heterocycles. The summed E-state index contributed by atoms with van der Waals surface area (Å²) in [7, 11) is 0. The fourth-order valence-corrected chi connectivity index (χ4v) is 6.50. The summed E-state index contributed by atoms with van der Waals surface area (Å²) in [5.41, 5.74) is 1.19. The van der Waals surface area contributed by atoms with Gasteiger partial charge in [-0.15, -0.1) is 0 Å². The first kappa shape index (κ1) is 15.8. The lowest BCUT2D eigenvalue weighted by molar-refractivity contribution is -0.200. The van der Waals surface area contributed by atoms with Crippen molar-refractivity contribution < 1.29 is 4.74 Å². The van der Waals surface area contributed by atoms with Crippen LogP contribution in [0.2, 0.25) is 0 Å². The second-order valence-electron chi connectivity index (χ2n) is 9.62. The van der Waals surface area contributed by atoms with E-state index in [0.717, 1.165) is 24.4 Å². The van der Waals surface area contributed by atoms with Crippen molar-refractivity contribution in [2.45, 2.75) is 91.6 Å². The van der Waals surface area contributed by atoms with Crippen LogP contribution in [0.3, 0.4) is 0 Å². The Labute approximate surface area is 132 Å². The molecule has 2 saturated carbocycles. The Morgan fingerprint density at radius 2 is 1.57 bits per heavy atom. The highest BCUT2D eigenvalue weighted by Crippen LogP contribution is 2.64.